The van der Waals surface area contributed by atoms with E-state index in [0.717, 1.165) is 12.5 Å². The smallest absolute Gasteiger partial charge is 0.191 e. The molecular formula is C16H26IN3O. The van der Waals surface area contributed by atoms with Crippen molar-refractivity contribution in [3.8, 4) is 0 Å². The molecular weight excluding hydrogens is 377 g/mol. The summed E-state index contributed by atoms with van der Waals surface area (Å²) in [5, 5.41) is 6.89. The van der Waals surface area contributed by atoms with Crippen molar-refractivity contribution in [3.05, 3.63) is 35.4 Å². The van der Waals surface area contributed by atoms with Crippen LogP contribution in [0.4, 0.5) is 0 Å². The molecule has 0 saturated heterocycles. The number of nitrogens with one attached hydrogen (secondary N) is 2. The maximum Gasteiger partial charge on any atom is 0.191 e. The average molecular weight is 403 g/mol. The van der Waals surface area contributed by atoms with Crippen molar-refractivity contribution >= 4 is 29.9 Å². The highest BCUT2D eigenvalue weighted by Gasteiger charge is 2.15. The summed E-state index contributed by atoms with van der Waals surface area (Å²) in [6.45, 7) is 1.42. The fourth-order valence-electron chi connectivity index (χ4n) is 2.66. The van der Waals surface area contributed by atoms with E-state index in [9.17, 15) is 0 Å². The van der Waals surface area contributed by atoms with Gasteiger partial charge in [0, 0.05) is 26.7 Å². The van der Waals surface area contributed by atoms with Crippen LogP contribution >= 0.6 is 24.0 Å². The number of hydrogen-bond donors (Lipinski definition) is 2. The number of hydrogen-bond acceptors (Lipinski definition) is 2. The van der Waals surface area contributed by atoms with Crippen LogP contribution < -0.4 is 10.6 Å². The molecule has 2 rings (SSSR count). The van der Waals surface area contributed by atoms with Gasteiger partial charge in [-0.2, -0.15) is 0 Å². The van der Waals surface area contributed by atoms with Crippen molar-refractivity contribution in [1.82, 2.24) is 10.6 Å². The van der Waals surface area contributed by atoms with E-state index >= 15 is 0 Å². The Kier molecular flexibility index (Phi) is 8.68. The van der Waals surface area contributed by atoms with Crippen LogP contribution in [0.1, 0.15) is 36.8 Å². The first-order valence-electron chi connectivity index (χ1n) is 7.36. The molecule has 1 saturated carbocycles. The molecule has 0 heterocycles. The Labute approximate surface area is 144 Å². The van der Waals surface area contributed by atoms with Crippen molar-refractivity contribution in [1.29, 1.82) is 0 Å². The molecule has 2 N–H and O–H groups in total. The largest absolute Gasteiger partial charge is 0.380 e. The molecule has 0 atom stereocenters. The zero-order valence-electron chi connectivity index (χ0n) is 12.9. The highest BCUT2D eigenvalue weighted by Crippen LogP contribution is 2.17. The van der Waals surface area contributed by atoms with Gasteiger partial charge in [0.25, 0.3) is 0 Å². The Balaban J connectivity index is 0.00000220. The van der Waals surface area contributed by atoms with E-state index in [4.69, 9.17) is 4.74 Å². The molecule has 1 aliphatic rings. The van der Waals surface area contributed by atoms with E-state index in [2.05, 4.69) is 33.8 Å². The first-order chi connectivity index (χ1) is 9.83. The number of rotatable bonds is 5. The van der Waals surface area contributed by atoms with Gasteiger partial charge in [-0.25, -0.2) is 0 Å². The van der Waals surface area contributed by atoms with Crippen LogP contribution in [0.2, 0.25) is 0 Å². The SMILES string of the molecule is CN=C(NCc1ccccc1COC)NC1CCCC1.I. The van der Waals surface area contributed by atoms with Gasteiger partial charge in [0.15, 0.2) is 5.96 Å². The molecule has 0 radical (unpaired) electrons. The molecule has 1 aromatic carbocycles. The Morgan fingerprint density at radius 1 is 1.24 bits per heavy atom. The summed E-state index contributed by atoms with van der Waals surface area (Å²) in [7, 11) is 3.55. The highest BCUT2D eigenvalue weighted by atomic mass is 127. The van der Waals surface area contributed by atoms with E-state index in [1.807, 2.05) is 13.1 Å². The normalized spacial score (nSPS) is 15.6. The first kappa shape index (κ1) is 18.2. The molecule has 0 unspecified atom stereocenters. The van der Waals surface area contributed by atoms with Crippen LogP contribution in [0, 0.1) is 0 Å². The van der Waals surface area contributed by atoms with Gasteiger partial charge in [0.1, 0.15) is 0 Å². The summed E-state index contributed by atoms with van der Waals surface area (Å²) < 4.78 is 5.24. The fourth-order valence-corrected chi connectivity index (χ4v) is 2.66. The van der Waals surface area contributed by atoms with Crippen LogP contribution in [0.3, 0.4) is 0 Å². The summed E-state index contributed by atoms with van der Waals surface area (Å²) in [5.41, 5.74) is 2.47. The van der Waals surface area contributed by atoms with E-state index in [-0.39, 0.29) is 24.0 Å². The summed E-state index contributed by atoms with van der Waals surface area (Å²) in [5.74, 6) is 0.893. The number of nitrogens with zero attached hydrogens (tertiary/aromatic N) is 1. The quantitative estimate of drug-likeness (QED) is 0.451. The van der Waals surface area contributed by atoms with Gasteiger partial charge in [-0.1, -0.05) is 37.1 Å². The van der Waals surface area contributed by atoms with Crippen LogP contribution in [-0.4, -0.2) is 26.2 Å². The molecule has 118 valence electrons. The number of halogens is 1. The number of benzene rings is 1. The molecule has 1 aromatic rings. The van der Waals surface area contributed by atoms with E-state index < -0.39 is 0 Å². The predicted octanol–water partition coefficient (Wildman–Crippen LogP) is 3.06. The minimum absolute atomic E-state index is 0. The number of guanidine groups is 1. The van der Waals surface area contributed by atoms with Crippen molar-refractivity contribution in [2.45, 2.75) is 44.9 Å². The molecule has 4 nitrogen and oxygen atoms in total. The van der Waals surface area contributed by atoms with Crippen LogP contribution in [0.5, 0.6) is 0 Å². The fraction of sp³-hybridized carbons (Fsp3) is 0.562. The summed E-state index contributed by atoms with van der Waals surface area (Å²) in [6, 6.07) is 8.92. The molecule has 0 spiro atoms. The van der Waals surface area contributed by atoms with Crippen molar-refractivity contribution in [2.75, 3.05) is 14.2 Å². The van der Waals surface area contributed by atoms with Gasteiger partial charge in [-0.15, -0.1) is 24.0 Å². The Bertz CT molecular complexity index is 445. The zero-order chi connectivity index (χ0) is 14.2. The van der Waals surface area contributed by atoms with Gasteiger partial charge in [0.2, 0.25) is 0 Å². The third kappa shape index (κ3) is 5.82. The van der Waals surface area contributed by atoms with E-state index in [1.165, 1.54) is 36.8 Å². The van der Waals surface area contributed by atoms with Gasteiger partial charge in [0.05, 0.1) is 6.61 Å². The van der Waals surface area contributed by atoms with Crippen molar-refractivity contribution < 1.29 is 4.74 Å². The lowest BCUT2D eigenvalue weighted by molar-refractivity contribution is 0.184. The number of methoxy groups -OCH3 is 1. The topological polar surface area (TPSA) is 45.7 Å². The van der Waals surface area contributed by atoms with Gasteiger partial charge >= 0.3 is 0 Å². The maximum absolute atomic E-state index is 5.24. The molecule has 21 heavy (non-hydrogen) atoms. The lowest BCUT2D eigenvalue weighted by Crippen LogP contribution is -2.42. The average Bonchev–Trinajstić information content (AvgIpc) is 2.98. The second kappa shape index (κ2) is 10.00. The van der Waals surface area contributed by atoms with Crippen LogP contribution in [-0.2, 0) is 17.9 Å². The highest BCUT2D eigenvalue weighted by molar-refractivity contribution is 14.0. The minimum Gasteiger partial charge on any atom is -0.380 e. The molecule has 0 aromatic heterocycles. The first-order valence-corrected chi connectivity index (χ1v) is 7.36. The zero-order valence-corrected chi connectivity index (χ0v) is 15.2. The number of aliphatic imine (C=N–C) groups is 1. The Hall–Kier alpha value is -0.820. The molecule has 5 heteroatoms. The van der Waals surface area contributed by atoms with Gasteiger partial charge < -0.3 is 15.4 Å². The predicted molar refractivity (Wildman–Crippen MR) is 98.2 cm³/mol. The Morgan fingerprint density at radius 2 is 1.90 bits per heavy atom. The molecule has 1 fully saturated rings. The standard InChI is InChI=1S/C16H25N3O.HI/c1-17-16(19-15-9-5-6-10-15)18-11-13-7-3-4-8-14(13)12-20-2;/h3-4,7-8,15H,5-6,9-12H2,1-2H3,(H2,17,18,19);1H. The van der Waals surface area contributed by atoms with Gasteiger partial charge in [-0.05, 0) is 24.0 Å². The lowest BCUT2D eigenvalue weighted by atomic mass is 10.1. The number of ether oxygens (including phenoxy) is 1. The second-order valence-corrected chi connectivity index (χ2v) is 5.25. The monoisotopic (exact) mass is 403 g/mol. The van der Waals surface area contributed by atoms with Gasteiger partial charge in [-0.3, -0.25) is 4.99 Å². The summed E-state index contributed by atoms with van der Waals surface area (Å²) >= 11 is 0. The van der Waals surface area contributed by atoms with E-state index in [0.29, 0.717) is 12.6 Å². The molecule has 0 amide bonds. The lowest BCUT2D eigenvalue weighted by Gasteiger charge is -2.17. The third-order valence-electron chi connectivity index (χ3n) is 3.78. The van der Waals surface area contributed by atoms with Crippen LogP contribution in [0.25, 0.3) is 0 Å². The summed E-state index contributed by atoms with van der Waals surface area (Å²) in [4.78, 5) is 4.31. The maximum atomic E-state index is 5.24. The molecule has 1 aliphatic carbocycles. The molecule has 0 aliphatic heterocycles. The van der Waals surface area contributed by atoms with E-state index in [1.54, 1.807) is 7.11 Å². The minimum atomic E-state index is 0. The third-order valence-corrected chi connectivity index (χ3v) is 3.78. The molecule has 0 bridgehead atoms. The second-order valence-electron chi connectivity index (χ2n) is 5.25. The summed E-state index contributed by atoms with van der Waals surface area (Å²) in [6.07, 6.45) is 5.15. The van der Waals surface area contributed by atoms with Crippen molar-refractivity contribution in [3.63, 3.8) is 0 Å². The Morgan fingerprint density at radius 3 is 2.52 bits per heavy atom. The van der Waals surface area contributed by atoms with Crippen LogP contribution in [0.15, 0.2) is 29.3 Å². The van der Waals surface area contributed by atoms with Crippen molar-refractivity contribution in [2.24, 2.45) is 4.99 Å².